The van der Waals surface area contributed by atoms with Gasteiger partial charge >= 0.3 is 0 Å². The Bertz CT molecular complexity index is 385. The molecule has 1 fully saturated rings. The van der Waals surface area contributed by atoms with E-state index in [-0.39, 0.29) is 6.61 Å². The van der Waals surface area contributed by atoms with Gasteiger partial charge in [-0.1, -0.05) is 30.3 Å². The summed E-state index contributed by atoms with van der Waals surface area (Å²) in [6.07, 6.45) is 4.97. The van der Waals surface area contributed by atoms with E-state index in [4.69, 9.17) is 5.11 Å². The summed E-state index contributed by atoms with van der Waals surface area (Å²) in [6.45, 7) is 6.63. The average molecular weight is 290 g/mol. The Balaban J connectivity index is 1.88. The summed E-state index contributed by atoms with van der Waals surface area (Å²) in [6, 6.07) is 12.7. The maximum Gasteiger partial charge on any atom is 0.0556 e. The fourth-order valence-corrected chi connectivity index (χ4v) is 3.41. The van der Waals surface area contributed by atoms with E-state index in [2.05, 4.69) is 54.4 Å². The number of benzene rings is 1. The lowest BCUT2D eigenvalue weighted by molar-refractivity contribution is 0.102. The molecule has 0 spiro atoms. The topological polar surface area (TPSA) is 35.5 Å². The molecule has 0 unspecified atom stereocenters. The van der Waals surface area contributed by atoms with Crippen molar-refractivity contribution in [1.29, 1.82) is 0 Å². The molecule has 1 aliphatic carbocycles. The van der Waals surface area contributed by atoms with E-state index >= 15 is 0 Å². The quantitative estimate of drug-likeness (QED) is 0.810. The molecule has 3 heteroatoms. The first kappa shape index (κ1) is 16.5. The molecular formula is C18H30N2O. The van der Waals surface area contributed by atoms with Crippen LogP contribution in [0.4, 0.5) is 0 Å². The Labute approximate surface area is 129 Å². The Kier molecular flexibility index (Phi) is 6.68. The van der Waals surface area contributed by atoms with E-state index in [0.29, 0.717) is 18.1 Å². The third kappa shape index (κ3) is 5.10. The minimum Gasteiger partial charge on any atom is -0.395 e. The molecule has 2 rings (SSSR count). The Morgan fingerprint density at radius 1 is 1.14 bits per heavy atom. The summed E-state index contributed by atoms with van der Waals surface area (Å²) >= 11 is 0. The molecule has 0 amide bonds. The molecule has 0 aliphatic heterocycles. The van der Waals surface area contributed by atoms with Crippen LogP contribution < -0.4 is 5.32 Å². The summed E-state index contributed by atoms with van der Waals surface area (Å²) in [7, 11) is 0. The SMILES string of the molecule is CC(C)N(Cc1ccccc1)C1CCC(NCCO)CC1. The summed E-state index contributed by atoms with van der Waals surface area (Å²) in [5, 5.41) is 12.3. The highest BCUT2D eigenvalue weighted by molar-refractivity contribution is 5.14. The van der Waals surface area contributed by atoms with E-state index in [0.717, 1.165) is 13.1 Å². The minimum absolute atomic E-state index is 0.242. The van der Waals surface area contributed by atoms with Crippen molar-refractivity contribution >= 4 is 0 Å². The van der Waals surface area contributed by atoms with Crippen LogP contribution in [0.5, 0.6) is 0 Å². The fraction of sp³-hybridized carbons (Fsp3) is 0.667. The first-order valence-electron chi connectivity index (χ1n) is 8.34. The van der Waals surface area contributed by atoms with Gasteiger partial charge in [-0.2, -0.15) is 0 Å². The third-order valence-corrected chi connectivity index (χ3v) is 4.58. The molecule has 1 aromatic carbocycles. The molecule has 0 saturated heterocycles. The van der Waals surface area contributed by atoms with E-state index in [1.807, 2.05) is 0 Å². The predicted octanol–water partition coefficient (Wildman–Crippen LogP) is 2.79. The molecule has 1 saturated carbocycles. The molecule has 2 N–H and O–H groups in total. The van der Waals surface area contributed by atoms with Gasteiger partial charge in [0.05, 0.1) is 6.61 Å². The highest BCUT2D eigenvalue weighted by atomic mass is 16.3. The Hall–Kier alpha value is -0.900. The minimum atomic E-state index is 0.242. The second kappa shape index (κ2) is 8.52. The van der Waals surface area contributed by atoms with Crippen molar-refractivity contribution in [3.05, 3.63) is 35.9 Å². The highest BCUT2D eigenvalue weighted by Crippen LogP contribution is 2.26. The zero-order valence-corrected chi connectivity index (χ0v) is 13.5. The van der Waals surface area contributed by atoms with Crippen LogP contribution in [0.1, 0.15) is 45.1 Å². The van der Waals surface area contributed by atoms with E-state index in [1.165, 1.54) is 31.2 Å². The fourth-order valence-electron chi connectivity index (χ4n) is 3.41. The van der Waals surface area contributed by atoms with Crippen LogP contribution >= 0.6 is 0 Å². The average Bonchev–Trinajstić information content (AvgIpc) is 2.52. The maximum atomic E-state index is 8.90. The molecule has 0 radical (unpaired) electrons. The van der Waals surface area contributed by atoms with Gasteiger partial charge in [-0.15, -0.1) is 0 Å². The second-order valence-electron chi connectivity index (χ2n) is 6.43. The molecule has 1 aromatic rings. The molecule has 0 atom stereocenters. The number of rotatable bonds is 7. The van der Waals surface area contributed by atoms with Crippen LogP contribution in [0.3, 0.4) is 0 Å². The normalized spacial score (nSPS) is 22.9. The van der Waals surface area contributed by atoms with Crippen molar-refractivity contribution in [2.45, 2.75) is 64.2 Å². The van der Waals surface area contributed by atoms with Crippen molar-refractivity contribution in [2.24, 2.45) is 0 Å². The zero-order valence-electron chi connectivity index (χ0n) is 13.5. The van der Waals surface area contributed by atoms with Crippen LogP contribution in [-0.2, 0) is 6.54 Å². The van der Waals surface area contributed by atoms with E-state index in [1.54, 1.807) is 0 Å². The lowest BCUT2D eigenvalue weighted by Crippen LogP contribution is -2.45. The lowest BCUT2D eigenvalue weighted by atomic mass is 9.89. The van der Waals surface area contributed by atoms with Crippen LogP contribution in [0.15, 0.2) is 30.3 Å². The second-order valence-corrected chi connectivity index (χ2v) is 6.43. The molecule has 0 heterocycles. The first-order chi connectivity index (χ1) is 10.2. The van der Waals surface area contributed by atoms with Crippen molar-refractivity contribution in [3.8, 4) is 0 Å². The summed E-state index contributed by atoms with van der Waals surface area (Å²) in [4.78, 5) is 2.65. The van der Waals surface area contributed by atoms with Gasteiger partial charge in [0.25, 0.3) is 0 Å². The molecule has 0 bridgehead atoms. The number of nitrogens with one attached hydrogen (secondary N) is 1. The Morgan fingerprint density at radius 3 is 2.38 bits per heavy atom. The van der Waals surface area contributed by atoms with Crippen LogP contribution in [0.25, 0.3) is 0 Å². The van der Waals surface area contributed by atoms with Gasteiger partial charge in [0.2, 0.25) is 0 Å². The number of nitrogens with zero attached hydrogens (tertiary/aromatic N) is 1. The number of hydrogen-bond donors (Lipinski definition) is 2. The van der Waals surface area contributed by atoms with E-state index < -0.39 is 0 Å². The van der Waals surface area contributed by atoms with Crippen molar-refractivity contribution in [1.82, 2.24) is 10.2 Å². The monoisotopic (exact) mass is 290 g/mol. The first-order valence-corrected chi connectivity index (χ1v) is 8.34. The van der Waals surface area contributed by atoms with Crippen molar-refractivity contribution in [3.63, 3.8) is 0 Å². The molecule has 1 aliphatic rings. The van der Waals surface area contributed by atoms with Gasteiger partial charge < -0.3 is 10.4 Å². The van der Waals surface area contributed by atoms with Gasteiger partial charge in [0, 0.05) is 31.2 Å². The molecule has 0 aromatic heterocycles. The lowest BCUT2D eigenvalue weighted by Gasteiger charge is -2.39. The van der Waals surface area contributed by atoms with E-state index in [9.17, 15) is 0 Å². The molecule has 21 heavy (non-hydrogen) atoms. The molecule has 118 valence electrons. The number of aliphatic hydroxyl groups is 1. The smallest absolute Gasteiger partial charge is 0.0556 e. The van der Waals surface area contributed by atoms with Gasteiger partial charge in [-0.05, 0) is 45.1 Å². The van der Waals surface area contributed by atoms with Crippen LogP contribution in [0, 0.1) is 0 Å². The van der Waals surface area contributed by atoms with Crippen LogP contribution in [-0.4, -0.2) is 41.3 Å². The largest absolute Gasteiger partial charge is 0.395 e. The summed E-state index contributed by atoms with van der Waals surface area (Å²) in [5.41, 5.74) is 1.41. The summed E-state index contributed by atoms with van der Waals surface area (Å²) < 4.78 is 0. The van der Waals surface area contributed by atoms with Gasteiger partial charge in [-0.3, -0.25) is 4.90 Å². The van der Waals surface area contributed by atoms with Crippen molar-refractivity contribution < 1.29 is 5.11 Å². The number of aliphatic hydroxyl groups excluding tert-OH is 1. The zero-order chi connectivity index (χ0) is 15.1. The van der Waals surface area contributed by atoms with Crippen LogP contribution in [0.2, 0.25) is 0 Å². The molecule has 3 nitrogen and oxygen atoms in total. The standard InChI is InChI=1S/C18H30N2O/c1-15(2)20(14-16-6-4-3-5-7-16)18-10-8-17(9-11-18)19-12-13-21/h3-7,15,17-19,21H,8-14H2,1-2H3. The summed E-state index contributed by atoms with van der Waals surface area (Å²) in [5.74, 6) is 0. The van der Waals surface area contributed by atoms with Gasteiger partial charge in [0.1, 0.15) is 0 Å². The van der Waals surface area contributed by atoms with Gasteiger partial charge in [-0.25, -0.2) is 0 Å². The number of hydrogen-bond acceptors (Lipinski definition) is 3. The predicted molar refractivity (Wildman–Crippen MR) is 88.3 cm³/mol. The van der Waals surface area contributed by atoms with Gasteiger partial charge in [0.15, 0.2) is 0 Å². The highest BCUT2D eigenvalue weighted by Gasteiger charge is 2.27. The van der Waals surface area contributed by atoms with Crippen molar-refractivity contribution in [2.75, 3.05) is 13.2 Å². The maximum absolute atomic E-state index is 8.90. The third-order valence-electron chi connectivity index (χ3n) is 4.58. The Morgan fingerprint density at radius 2 is 1.81 bits per heavy atom. The molecular weight excluding hydrogens is 260 g/mol.